The van der Waals surface area contributed by atoms with Gasteiger partial charge in [0.15, 0.2) is 0 Å². The summed E-state index contributed by atoms with van der Waals surface area (Å²) in [7, 11) is 0. The van der Waals surface area contributed by atoms with E-state index in [1.165, 1.54) is 6.08 Å². The molecule has 0 saturated heterocycles. The predicted octanol–water partition coefficient (Wildman–Crippen LogP) is 3.41. The summed E-state index contributed by atoms with van der Waals surface area (Å²) in [6.07, 6.45) is 9.36. The number of benzene rings is 1. The van der Waals surface area contributed by atoms with E-state index in [4.69, 9.17) is 23.2 Å². The van der Waals surface area contributed by atoms with Crippen LogP contribution in [-0.4, -0.2) is 22.0 Å². The Balaban J connectivity index is 1.74. The molecule has 0 fully saturated rings. The topological polar surface area (TPSA) is 46.9 Å². The summed E-state index contributed by atoms with van der Waals surface area (Å²) in [6, 6.07) is 5.15. The molecule has 0 atom stereocenters. The van der Waals surface area contributed by atoms with Crippen LogP contribution >= 0.6 is 23.2 Å². The van der Waals surface area contributed by atoms with Crippen molar-refractivity contribution in [1.29, 1.82) is 0 Å². The molecular formula is C15H15Cl2N3O. The highest BCUT2D eigenvalue weighted by Gasteiger charge is 1.99. The Morgan fingerprint density at radius 3 is 2.95 bits per heavy atom. The van der Waals surface area contributed by atoms with Gasteiger partial charge in [0.2, 0.25) is 5.91 Å². The molecule has 1 heterocycles. The molecule has 2 aromatic rings. The van der Waals surface area contributed by atoms with Crippen LogP contribution in [0.1, 0.15) is 12.0 Å². The van der Waals surface area contributed by atoms with Gasteiger partial charge in [-0.2, -0.15) is 0 Å². The lowest BCUT2D eigenvalue weighted by molar-refractivity contribution is -0.116. The summed E-state index contributed by atoms with van der Waals surface area (Å²) in [5, 5.41) is 3.91. The molecule has 1 amide bonds. The Morgan fingerprint density at radius 1 is 1.38 bits per heavy atom. The van der Waals surface area contributed by atoms with E-state index in [0.717, 1.165) is 18.5 Å². The number of rotatable bonds is 6. The van der Waals surface area contributed by atoms with Crippen molar-refractivity contribution < 1.29 is 4.79 Å². The third-order valence-corrected chi connectivity index (χ3v) is 3.39. The lowest BCUT2D eigenvalue weighted by atomic mass is 10.2. The molecule has 0 unspecified atom stereocenters. The fourth-order valence-corrected chi connectivity index (χ4v) is 2.22. The van der Waals surface area contributed by atoms with Crippen LogP contribution in [0.25, 0.3) is 6.08 Å². The largest absolute Gasteiger partial charge is 0.352 e. The van der Waals surface area contributed by atoms with Crippen LogP contribution in [0.15, 0.2) is 43.0 Å². The van der Waals surface area contributed by atoms with Crippen LogP contribution in [0.4, 0.5) is 0 Å². The zero-order valence-corrected chi connectivity index (χ0v) is 12.8. The van der Waals surface area contributed by atoms with Crippen molar-refractivity contribution in [2.45, 2.75) is 13.0 Å². The molecule has 0 saturated carbocycles. The van der Waals surface area contributed by atoms with Crippen molar-refractivity contribution in [2.24, 2.45) is 0 Å². The van der Waals surface area contributed by atoms with Crippen LogP contribution in [0, 0.1) is 0 Å². The van der Waals surface area contributed by atoms with E-state index in [0.29, 0.717) is 16.6 Å². The number of nitrogens with zero attached hydrogens (tertiary/aromatic N) is 2. The molecule has 0 bridgehead atoms. The van der Waals surface area contributed by atoms with Gasteiger partial charge in [0.05, 0.1) is 6.33 Å². The van der Waals surface area contributed by atoms with Gasteiger partial charge < -0.3 is 9.88 Å². The van der Waals surface area contributed by atoms with Crippen LogP contribution < -0.4 is 5.32 Å². The zero-order chi connectivity index (χ0) is 15.1. The molecule has 0 aliphatic carbocycles. The molecule has 0 spiro atoms. The number of nitrogens with one attached hydrogen (secondary N) is 1. The van der Waals surface area contributed by atoms with E-state index in [-0.39, 0.29) is 5.91 Å². The van der Waals surface area contributed by atoms with Gasteiger partial charge >= 0.3 is 0 Å². The van der Waals surface area contributed by atoms with Gasteiger partial charge in [0.1, 0.15) is 0 Å². The van der Waals surface area contributed by atoms with Crippen LogP contribution in [-0.2, 0) is 11.3 Å². The summed E-state index contributed by atoms with van der Waals surface area (Å²) in [5.41, 5.74) is 0.759. The number of aryl methyl sites for hydroxylation is 1. The third-order valence-electron chi connectivity index (χ3n) is 2.83. The molecule has 6 heteroatoms. The van der Waals surface area contributed by atoms with Crippen molar-refractivity contribution in [3.8, 4) is 0 Å². The lowest BCUT2D eigenvalue weighted by Gasteiger charge is -2.03. The average Bonchev–Trinajstić information content (AvgIpc) is 2.96. The molecule has 0 aliphatic rings. The summed E-state index contributed by atoms with van der Waals surface area (Å²) in [4.78, 5) is 15.6. The first-order valence-corrected chi connectivity index (χ1v) is 7.27. The second kappa shape index (κ2) is 7.86. The molecule has 2 rings (SSSR count). The summed E-state index contributed by atoms with van der Waals surface area (Å²) >= 11 is 11.8. The maximum absolute atomic E-state index is 11.7. The monoisotopic (exact) mass is 323 g/mol. The Morgan fingerprint density at radius 2 is 2.24 bits per heavy atom. The van der Waals surface area contributed by atoms with Crippen LogP contribution in [0.2, 0.25) is 10.0 Å². The van der Waals surface area contributed by atoms with Gasteiger partial charge in [0, 0.05) is 41.6 Å². The summed E-state index contributed by atoms with van der Waals surface area (Å²) < 4.78 is 1.97. The maximum atomic E-state index is 11.7. The number of aromatic nitrogens is 2. The Hall–Kier alpha value is -1.78. The van der Waals surface area contributed by atoms with Gasteiger partial charge in [-0.3, -0.25) is 4.79 Å². The number of halogens is 2. The number of hydrogen-bond donors (Lipinski definition) is 1. The van der Waals surface area contributed by atoms with Crippen molar-refractivity contribution >= 4 is 35.2 Å². The molecule has 1 N–H and O–H groups in total. The first kappa shape index (κ1) is 15.6. The van der Waals surface area contributed by atoms with Crippen LogP contribution in [0.3, 0.4) is 0 Å². The minimum atomic E-state index is -0.147. The normalized spacial score (nSPS) is 11.0. The second-order valence-electron chi connectivity index (χ2n) is 4.44. The highest BCUT2D eigenvalue weighted by molar-refractivity contribution is 6.35. The van der Waals surface area contributed by atoms with E-state index < -0.39 is 0 Å². The molecule has 110 valence electrons. The molecule has 4 nitrogen and oxygen atoms in total. The van der Waals surface area contributed by atoms with Gasteiger partial charge in [-0.15, -0.1) is 0 Å². The molecule has 0 aliphatic heterocycles. The van der Waals surface area contributed by atoms with Crippen LogP contribution in [0.5, 0.6) is 0 Å². The number of carbonyl (C=O) groups excluding carboxylic acids is 1. The van der Waals surface area contributed by atoms with Crippen molar-refractivity contribution in [3.63, 3.8) is 0 Å². The molecule has 21 heavy (non-hydrogen) atoms. The lowest BCUT2D eigenvalue weighted by Crippen LogP contribution is -2.22. The summed E-state index contributed by atoms with van der Waals surface area (Å²) in [5.74, 6) is -0.147. The van der Waals surface area contributed by atoms with Crippen molar-refractivity contribution in [3.05, 3.63) is 58.6 Å². The van der Waals surface area contributed by atoms with E-state index in [2.05, 4.69) is 10.3 Å². The number of amides is 1. The second-order valence-corrected chi connectivity index (χ2v) is 5.29. The predicted molar refractivity (Wildman–Crippen MR) is 85.3 cm³/mol. The first-order valence-electron chi connectivity index (χ1n) is 6.52. The van der Waals surface area contributed by atoms with Gasteiger partial charge in [-0.05, 0) is 30.2 Å². The minimum Gasteiger partial charge on any atom is -0.352 e. The Bertz CT molecular complexity index is 624. The van der Waals surface area contributed by atoms with E-state index in [9.17, 15) is 4.79 Å². The quantitative estimate of drug-likeness (QED) is 0.654. The van der Waals surface area contributed by atoms with Gasteiger partial charge in [0.25, 0.3) is 0 Å². The van der Waals surface area contributed by atoms with E-state index >= 15 is 0 Å². The molecule has 1 aromatic heterocycles. The van der Waals surface area contributed by atoms with Gasteiger partial charge in [-0.25, -0.2) is 4.98 Å². The Kier molecular flexibility index (Phi) is 5.84. The zero-order valence-electron chi connectivity index (χ0n) is 11.3. The average molecular weight is 324 g/mol. The fraction of sp³-hybridized carbons (Fsp3) is 0.200. The first-order chi connectivity index (χ1) is 10.1. The van der Waals surface area contributed by atoms with Crippen molar-refractivity contribution in [1.82, 2.24) is 14.9 Å². The fourth-order valence-electron chi connectivity index (χ4n) is 1.75. The van der Waals surface area contributed by atoms with Crippen molar-refractivity contribution in [2.75, 3.05) is 6.54 Å². The SMILES string of the molecule is O=C(/C=C/c1ccc(Cl)cc1Cl)NCCCn1ccnc1. The highest BCUT2D eigenvalue weighted by atomic mass is 35.5. The minimum absolute atomic E-state index is 0.147. The third kappa shape index (κ3) is 5.25. The maximum Gasteiger partial charge on any atom is 0.244 e. The molecular weight excluding hydrogens is 309 g/mol. The number of carbonyl (C=O) groups is 1. The van der Waals surface area contributed by atoms with Gasteiger partial charge in [-0.1, -0.05) is 29.3 Å². The number of imidazole rings is 1. The molecule has 0 radical (unpaired) electrons. The molecule has 1 aromatic carbocycles. The number of hydrogen-bond acceptors (Lipinski definition) is 2. The highest BCUT2D eigenvalue weighted by Crippen LogP contribution is 2.21. The Labute approximate surface area is 133 Å². The standard InChI is InChI=1S/C15H15Cl2N3O/c16-13-4-2-12(14(17)10-13)3-5-15(21)19-6-1-8-20-9-7-18-11-20/h2-5,7,9-11H,1,6,8H2,(H,19,21)/b5-3+. The van der Waals surface area contributed by atoms with E-state index in [1.807, 2.05) is 10.8 Å². The van der Waals surface area contributed by atoms with E-state index in [1.54, 1.807) is 36.8 Å². The smallest absolute Gasteiger partial charge is 0.244 e. The summed E-state index contributed by atoms with van der Waals surface area (Å²) in [6.45, 7) is 1.43.